The lowest BCUT2D eigenvalue weighted by Gasteiger charge is -2.02. The van der Waals surface area contributed by atoms with E-state index >= 15 is 0 Å². The highest BCUT2D eigenvalue weighted by atomic mass is 35.5. The molecule has 0 aliphatic heterocycles. The zero-order valence-corrected chi connectivity index (χ0v) is 17.3. The molecule has 2 aromatic heterocycles. The van der Waals surface area contributed by atoms with Crippen LogP contribution in [0.3, 0.4) is 0 Å². The van der Waals surface area contributed by atoms with Crippen LogP contribution in [0.25, 0.3) is 10.4 Å². The minimum Gasteiger partial charge on any atom is -0.369 e. The molecule has 0 aliphatic carbocycles. The van der Waals surface area contributed by atoms with Gasteiger partial charge in [-0.3, -0.25) is 9.59 Å². The molecule has 10 heteroatoms. The molecule has 1 unspecified atom stereocenters. The fourth-order valence-corrected chi connectivity index (χ4v) is 5.02. The number of hydrogen-bond donors (Lipinski definition) is 2. The van der Waals surface area contributed by atoms with Gasteiger partial charge < -0.3 is 11.1 Å². The average molecular weight is 439 g/mol. The minimum atomic E-state index is -0.395. The Labute approximate surface area is 173 Å². The maximum absolute atomic E-state index is 12.2. The fourth-order valence-electron chi connectivity index (χ4n) is 2.07. The molecule has 2 amide bonds. The first-order chi connectivity index (χ1) is 12.9. The SMILES string of the molecule is CC(Sc1nc(CC(=O)Nc2ncc(-c3cccc(Cl)c3)s2)cs1)C(N)=O. The van der Waals surface area contributed by atoms with Crippen LogP contribution in [0.2, 0.25) is 5.02 Å². The lowest BCUT2D eigenvalue weighted by molar-refractivity contribution is -0.117. The van der Waals surface area contributed by atoms with Crippen molar-refractivity contribution in [1.29, 1.82) is 0 Å². The largest absolute Gasteiger partial charge is 0.369 e. The summed E-state index contributed by atoms with van der Waals surface area (Å²) in [6, 6.07) is 7.46. The quantitative estimate of drug-likeness (QED) is 0.542. The molecule has 27 heavy (non-hydrogen) atoms. The molecule has 3 rings (SSSR count). The summed E-state index contributed by atoms with van der Waals surface area (Å²) in [5.74, 6) is -0.597. The van der Waals surface area contributed by atoms with Crippen molar-refractivity contribution in [3.63, 3.8) is 0 Å². The molecule has 0 saturated heterocycles. The zero-order chi connectivity index (χ0) is 19.4. The summed E-state index contributed by atoms with van der Waals surface area (Å²) in [6.45, 7) is 1.72. The first-order valence-corrected chi connectivity index (χ1v) is 10.8. The molecule has 2 heterocycles. The Morgan fingerprint density at radius 2 is 2.22 bits per heavy atom. The van der Waals surface area contributed by atoms with Crippen LogP contribution in [0.4, 0.5) is 5.13 Å². The molecule has 1 aromatic carbocycles. The van der Waals surface area contributed by atoms with Gasteiger partial charge in [0.1, 0.15) is 0 Å². The topological polar surface area (TPSA) is 98.0 Å². The number of rotatable bonds is 7. The van der Waals surface area contributed by atoms with Crippen LogP contribution >= 0.6 is 46.0 Å². The number of benzene rings is 1. The van der Waals surface area contributed by atoms with Gasteiger partial charge in [-0.2, -0.15) is 0 Å². The molecule has 0 fully saturated rings. The summed E-state index contributed by atoms with van der Waals surface area (Å²) < 4.78 is 0.710. The van der Waals surface area contributed by atoms with Crippen molar-refractivity contribution >= 4 is 63.0 Å². The van der Waals surface area contributed by atoms with Gasteiger partial charge in [0.2, 0.25) is 11.8 Å². The van der Waals surface area contributed by atoms with E-state index in [1.54, 1.807) is 24.6 Å². The van der Waals surface area contributed by atoms with Crippen molar-refractivity contribution in [3.8, 4) is 10.4 Å². The molecular formula is C17H15ClN4O2S3. The maximum atomic E-state index is 12.2. The van der Waals surface area contributed by atoms with Crippen molar-refractivity contribution in [2.24, 2.45) is 5.73 Å². The van der Waals surface area contributed by atoms with Crippen LogP contribution in [0.15, 0.2) is 40.2 Å². The number of primary amides is 1. The second-order valence-corrected chi connectivity index (χ2v) is 9.45. The van der Waals surface area contributed by atoms with E-state index in [0.717, 1.165) is 10.4 Å². The van der Waals surface area contributed by atoms with Gasteiger partial charge in [-0.25, -0.2) is 9.97 Å². The molecule has 0 spiro atoms. The van der Waals surface area contributed by atoms with Crippen molar-refractivity contribution in [3.05, 3.63) is 46.6 Å². The highest BCUT2D eigenvalue weighted by molar-refractivity contribution is 8.02. The van der Waals surface area contributed by atoms with Gasteiger partial charge in [-0.05, 0) is 24.6 Å². The van der Waals surface area contributed by atoms with E-state index in [9.17, 15) is 9.59 Å². The number of carbonyl (C=O) groups is 2. The lowest BCUT2D eigenvalue weighted by atomic mass is 10.2. The summed E-state index contributed by atoms with van der Waals surface area (Å²) in [4.78, 5) is 32.9. The number of aromatic nitrogens is 2. The van der Waals surface area contributed by atoms with Crippen LogP contribution < -0.4 is 11.1 Å². The van der Waals surface area contributed by atoms with Crippen LogP contribution in [0.5, 0.6) is 0 Å². The Morgan fingerprint density at radius 3 is 2.96 bits per heavy atom. The first-order valence-electron chi connectivity index (χ1n) is 7.82. The van der Waals surface area contributed by atoms with E-state index in [2.05, 4.69) is 15.3 Å². The molecule has 0 saturated carbocycles. The first kappa shape index (κ1) is 19.8. The summed E-state index contributed by atoms with van der Waals surface area (Å²) in [5, 5.41) is 5.38. The number of nitrogens with two attached hydrogens (primary N) is 1. The van der Waals surface area contributed by atoms with Crippen molar-refractivity contribution in [2.75, 3.05) is 5.32 Å². The third kappa shape index (κ3) is 5.52. The molecule has 3 N–H and O–H groups in total. The van der Waals surface area contributed by atoms with Crippen LogP contribution in [-0.2, 0) is 16.0 Å². The monoisotopic (exact) mass is 438 g/mol. The third-order valence-corrected chi connectivity index (χ3v) is 6.75. The number of thioether (sulfide) groups is 1. The van der Waals surface area contributed by atoms with Crippen LogP contribution in [-0.4, -0.2) is 27.0 Å². The van der Waals surface area contributed by atoms with Gasteiger partial charge in [0.25, 0.3) is 0 Å². The zero-order valence-electron chi connectivity index (χ0n) is 14.1. The number of halogens is 1. The number of thiazole rings is 2. The Morgan fingerprint density at radius 1 is 1.41 bits per heavy atom. The molecule has 0 bridgehead atoms. The van der Waals surface area contributed by atoms with Gasteiger partial charge in [-0.15, -0.1) is 11.3 Å². The number of amides is 2. The predicted octanol–water partition coefficient (Wildman–Crippen LogP) is 4.07. The molecule has 0 aliphatic rings. The van der Waals surface area contributed by atoms with E-state index in [-0.39, 0.29) is 17.6 Å². The highest BCUT2D eigenvalue weighted by Gasteiger charge is 2.15. The average Bonchev–Trinajstić information content (AvgIpc) is 3.24. The Balaban J connectivity index is 1.59. The van der Waals surface area contributed by atoms with Gasteiger partial charge in [0, 0.05) is 16.6 Å². The predicted molar refractivity (Wildman–Crippen MR) is 112 cm³/mol. The lowest BCUT2D eigenvalue weighted by Crippen LogP contribution is -2.22. The normalized spacial score (nSPS) is 11.9. The van der Waals surface area contributed by atoms with Gasteiger partial charge in [-0.1, -0.05) is 46.8 Å². The number of hydrogen-bond acceptors (Lipinski definition) is 7. The van der Waals surface area contributed by atoms with E-state index in [4.69, 9.17) is 17.3 Å². The maximum Gasteiger partial charge on any atom is 0.232 e. The number of anilines is 1. The minimum absolute atomic E-state index is 0.133. The molecule has 6 nitrogen and oxygen atoms in total. The smallest absolute Gasteiger partial charge is 0.232 e. The summed E-state index contributed by atoms with van der Waals surface area (Å²) in [6.07, 6.45) is 1.84. The number of carbonyl (C=O) groups excluding carboxylic acids is 2. The molecule has 140 valence electrons. The Kier molecular flexibility index (Phi) is 6.48. The Bertz CT molecular complexity index is 973. The van der Waals surface area contributed by atoms with Gasteiger partial charge in [0.15, 0.2) is 9.47 Å². The molecular weight excluding hydrogens is 424 g/mol. The van der Waals surface area contributed by atoms with E-state index in [1.807, 2.05) is 18.2 Å². The molecule has 1 atom stereocenters. The fraction of sp³-hybridized carbons (Fsp3) is 0.176. The van der Waals surface area contributed by atoms with Crippen molar-refractivity contribution in [1.82, 2.24) is 9.97 Å². The highest BCUT2D eigenvalue weighted by Crippen LogP contribution is 2.31. The molecule has 0 radical (unpaired) electrons. The van der Waals surface area contributed by atoms with Crippen molar-refractivity contribution < 1.29 is 9.59 Å². The summed E-state index contributed by atoms with van der Waals surface area (Å²) in [7, 11) is 0. The summed E-state index contributed by atoms with van der Waals surface area (Å²) >= 11 is 10.1. The molecule has 3 aromatic rings. The number of nitrogens with one attached hydrogen (secondary N) is 1. The third-order valence-electron chi connectivity index (χ3n) is 3.41. The van der Waals surface area contributed by atoms with Gasteiger partial charge >= 0.3 is 0 Å². The summed E-state index contributed by atoms with van der Waals surface area (Å²) in [5.41, 5.74) is 6.84. The van der Waals surface area contributed by atoms with Crippen LogP contribution in [0, 0.1) is 0 Å². The Hall–Kier alpha value is -1.94. The van der Waals surface area contributed by atoms with Crippen molar-refractivity contribution in [2.45, 2.75) is 22.9 Å². The van der Waals surface area contributed by atoms with E-state index < -0.39 is 5.91 Å². The van der Waals surface area contributed by atoms with Crippen LogP contribution in [0.1, 0.15) is 12.6 Å². The second kappa shape index (κ2) is 8.83. The van der Waals surface area contributed by atoms with Gasteiger partial charge in [0.05, 0.1) is 22.2 Å². The standard InChI is InChI=1S/C17H15ClN4O2S3/c1-9(15(19)24)26-17-21-12(8-25-17)6-14(23)22-16-20-7-13(27-16)10-3-2-4-11(18)5-10/h2-5,7-9H,6H2,1H3,(H2,19,24)(H,20,22,23). The van der Waals surface area contributed by atoms with E-state index in [0.29, 0.717) is 20.2 Å². The second-order valence-electron chi connectivity index (χ2n) is 5.53. The van der Waals surface area contributed by atoms with E-state index in [1.165, 1.54) is 34.4 Å². The number of nitrogens with zero attached hydrogens (tertiary/aromatic N) is 2.